The van der Waals surface area contributed by atoms with Gasteiger partial charge in [0.1, 0.15) is 11.5 Å². The Hall–Kier alpha value is -2.64. The molecule has 1 amide bonds. The van der Waals surface area contributed by atoms with Crippen LogP contribution in [0, 0.1) is 0 Å². The van der Waals surface area contributed by atoms with Crippen molar-refractivity contribution in [2.45, 2.75) is 32.4 Å². The van der Waals surface area contributed by atoms with Gasteiger partial charge in [-0.3, -0.25) is 9.59 Å². The molecule has 1 aromatic heterocycles. The molecule has 6 nitrogen and oxygen atoms in total. The fourth-order valence-corrected chi connectivity index (χ4v) is 4.18. The van der Waals surface area contributed by atoms with Gasteiger partial charge in [-0.05, 0) is 43.8 Å². The highest BCUT2D eigenvalue weighted by Gasteiger charge is 2.46. The maximum absolute atomic E-state index is 12.9. The molecule has 29 heavy (non-hydrogen) atoms. The molecule has 0 radical (unpaired) electrons. The van der Waals surface area contributed by atoms with Crippen molar-refractivity contribution in [1.29, 1.82) is 0 Å². The molecule has 1 aliphatic rings. The van der Waals surface area contributed by atoms with Crippen molar-refractivity contribution >= 4 is 28.8 Å². The number of hydrogen-bond acceptors (Lipinski definition) is 6. The number of nitrogens with zero attached hydrogens (tertiary/aromatic N) is 1. The normalized spacial score (nSPS) is 18.6. The molecule has 3 rings (SSSR count). The highest BCUT2D eigenvalue weighted by molar-refractivity contribution is 7.10. The summed E-state index contributed by atoms with van der Waals surface area (Å²) in [5.41, 5.74) is 0.544. The molecule has 1 atom stereocenters. The van der Waals surface area contributed by atoms with E-state index in [0.29, 0.717) is 30.9 Å². The van der Waals surface area contributed by atoms with Crippen LogP contribution < -0.4 is 4.74 Å². The van der Waals surface area contributed by atoms with Gasteiger partial charge in [-0.25, -0.2) is 0 Å². The number of aliphatic hydroxyl groups is 1. The molecule has 0 saturated carbocycles. The summed E-state index contributed by atoms with van der Waals surface area (Å²) in [6.45, 7) is 4.76. The second-order valence-electron chi connectivity index (χ2n) is 7.01. The van der Waals surface area contributed by atoms with E-state index in [9.17, 15) is 14.7 Å². The maximum Gasteiger partial charge on any atom is 0.295 e. The summed E-state index contributed by atoms with van der Waals surface area (Å²) >= 11 is 1.45. The van der Waals surface area contributed by atoms with Gasteiger partial charge in [0, 0.05) is 23.6 Å². The first-order chi connectivity index (χ1) is 13.9. The zero-order valence-corrected chi connectivity index (χ0v) is 17.6. The first-order valence-corrected chi connectivity index (χ1v) is 10.4. The van der Waals surface area contributed by atoms with Gasteiger partial charge in [0.2, 0.25) is 0 Å². The molecule has 0 spiro atoms. The fraction of sp³-hybridized carbons (Fsp3) is 0.364. The summed E-state index contributed by atoms with van der Waals surface area (Å²) in [6.07, 6.45) is 0.707. The van der Waals surface area contributed by atoms with E-state index in [2.05, 4.69) is 0 Å². The van der Waals surface area contributed by atoms with Crippen molar-refractivity contribution in [3.05, 3.63) is 57.8 Å². The van der Waals surface area contributed by atoms with Gasteiger partial charge in [-0.2, -0.15) is 0 Å². The number of amides is 1. The molecule has 1 aromatic carbocycles. The van der Waals surface area contributed by atoms with Crippen molar-refractivity contribution < 1.29 is 24.2 Å². The first-order valence-electron chi connectivity index (χ1n) is 9.52. The lowest BCUT2D eigenvalue weighted by Crippen LogP contribution is -2.31. The van der Waals surface area contributed by atoms with E-state index in [1.807, 2.05) is 31.4 Å². The van der Waals surface area contributed by atoms with Crippen molar-refractivity contribution in [2.75, 3.05) is 20.3 Å². The van der Waals surface area contributed by atoms with Crippen LogP contribution in [-0.2, 0) is 14.3 Å². The van der Waals surface area contributed by atoms with E-state index in [1.54, 1.807) is 24.3 Å². The second kappa shape index (κ2) is 9.24. The van der Waals surface area contributed by atoms with Gasteiger partial charge in [-0.15, -0.1) is 11.3 Å². The smallest absolute Gasteiger partial charge is 0.295 e. The van der Waals surface area contributed by atoms with Crippen LogP contribution in [0.2, 0.25) is 0 Å². The number of hydrogen-bond donors (Lipinski definition) is 1. The van der Waals surface area contributed by atoms with Crippen molar-refractivity contribution in [2.24, 2.45) is 0 Å². The van der Waals surface area contributed by atoms with Crippen molar-refractivity contribution in [3.8, 4) is 5.75 Å². The topological polar surface area (TPSA) is 76.1 Å². The Morgan fingerprint density at radius 3 is 2.69 bits per heavy atom. The van der Waals surface area contributed by atoms with Crippen LogP contribution in [0.1, 0.15) is 36.8 Å². The number of carbonyl (C=O) groups is 2. The lowest BCUT2D eigenvalue weighted by atomic mass is 9.99. The average molecular weight is 416 g/mol. The largest absolute Gasteiger partial charge is 0.507 e. The van der Waals surface area contributed by atoms with Gasteiger partial charge in [-0.1, -0.05) is 18.2 Å². The highest BCUT2D eigenvalue weighted by atomic mass is 32.1. The molecule has 154 valence electrons. The number of Topliss-reactive ketones (excluding diaryl/α,β-unsaturated/α-hetero) is 1. The zero-order chi connectivity index (χ0) is 21.0. The highest BCUT2D eigenvalue weighted by Crippen LogP contribution is 2.41. The molecule has 0 bridgehead atoms. The molecule has 0 unspecified atom stereocenters. The van der Waals surface area contributed by atoms with Crippen LogP contribution in [0.25, 0.3) is 5.76 Å². The number of aliphatic hydroxyl groups excluding tert-OH is 1. The summed E-state index contributed by atoms with van der Waals surface area (Å²) in [5, 5.41) is 12.9. The van der Waals surface area contributed by atoms with Gasteiger partial charge >= 0.3 is 0 Å². The summed E-state index contributed by atoms with van der Waals surface area (Å²) in [5.74, 6) is -0.908. The third kappa shape index (κ3) is 4.52. The maximum atomic E-state index is 12.9. The van der Waals surface area contributed by atoms with Crippen LogP contribution in [0.15, 0.2) is 47.4 Å². The van der Waals surface area contributed by atoms with Gasteiger partial charge in [0.15, 0.2) is 0 Å². The Labute approximate surface area is 174 Å². The van der Waals surface area contributed by atoms with E-state index in [1.165, 1.54) is 23.3 Å². The molecule has 1 aliphatic heterocycles. The van der Waals surface area contributed by atoms with Crippen LogP contribution in [0.5, 0.6) is 5.75 Å². The summed E-state index contributed by atoms with van der Waals surface area (Å²) in [7, 11) is 1.53. The summed E-state index contributed by atoms with van der Waals surface area (Å²) < 4.78 is 10.8. The van der Waals surface area contributed by atoms with E-state index in [0.717, 1.165) is 4.88 Å². The van der Waals surface area contributed by atoms with Crippen molar-refractivity contribution in [1.82, 2.24) is 4.90 Å². The molecular formula is C22H25NO5S. The van der Waals surface area contributed by atoms with E-state index >= 15 is 0 Å². The fourth-order valence-electron chi connectivity index (χ4n) is 3.33. The lowest BCUT2D eigenvalue weighted by Gasteiger charge is -2.24. The first kappa shape index (κ1) is 21.1. The second-order valence-corrected chi connectivity index (χ2v) is 7.99. The Morgan fingerprint density at radius 1 is 1.24 bits per heavy atom. The minimum atomic E-state index is -0.673. The Balaban J connectivity index is 1.98. The molecule has 1 N–H and O–H groups in total. The lowest BCUT2D eigenvalue weighted by molar-refractivity contribution is -0.140. The number of benzene rings is 1. The Kier molecular flexibility index (Phi) is 6.71. The zero-order valence-electron chi connectivity index (χ0n) is 16.8. The quantitative estimate of drug-likeness (QED) is 0.305. The van der Waals surface area contributed by atoms with Gasteiger partial charge in [0.25, 0.3) is 11.7 Å². The molecule has 7 heteroatoms. The van der Waals surface area contributed by atoms with Crippen LogP contribution in [0.4, 0.5) is 0 Å². The van der Waals surface area contributed by atoms with Gasteiger partial charge in [0.05, 0.1) is 24.8 Å². The van der Waals surface area contributed by atoms with Crippen LogP contribution >= 0.6 is 11.3 Å². The third-order valence-electron chi connectivity index (χ3n) is 4.69. The third-order valence-corrected chi connectivity index (χ3v) is 5.62. The molecule has 1 fully saturated rings. The van der Waals surface area contributed by atoms with Crippen LogP contribution in [-0.4, -0.2) is 48.1 Å². The predicted molar refractivity (Wildman–Crippen MR) is 112 cm³/mol. The molecule has 1 saturated heterocycles. The van der Waals surface area contributed by atoms with Crippen LogP contribution in [0.3, 0.4) is 0 Å². The number of carbonyl (C=O) groups excluding carboxylic acids is 2. The van der Waals surface area contributed by atoms with E-state index in [4.69, 9.17) is 9.47 Å². The van der Waals surface area contributed by atoms with Gasteiger partial charge < -0.3 is 19.5 Å². The van der Waals surface area contributed by atoms with Crippen molar-refractivity contribution in [3.63, 3.8) is 0 Å². The van der Waals surface area contributed by atoms with E-state index < -0.39 is 17.7 Å². The molecule has 0 aliphatic carbocycles. The average Bonchev–Trinajstić information content (AvgIpc) is 3.32. The number of likely N-dealkylation sites (tertiary alicyclic amines) is 1. The number of ether oxygens (including phenoxy) is 2. The Bertz CT molecular complexity index is 904. The minimum absolute atomic E-state index is 0.103. The standard InChI is InChI=1S/C22H25NO5S/c1-14(2)28-11-6-10-23-19(17-9-5-12-29-17)18(21(25)22(23)26)20(24)15-7-4-8-16(13-15)27-3/h4-5,7-9,12-14,19,24H,6,10-11H2,1-3H3/t19-/m0/s1. The SMILES string of the molecule is COc1cccc(C(O)=C2C(=O)C(=O)N(CCCOC(C)C)[C@H]2c2cccs2)c1. The predicted octanol–water partition coefficient (Wildman–Crippen LogP) is 3.99. The number of methoxy groups -OCH3 is 1. The molecule has 2 aromatic rings. The van der Waals surface area contributed by atoms with E-state index in [-0.39, 0.29) is 17.4 Å². The number of ketones is 1. The number of thiophene rings is 1. The molecule has 2 heterocycles. The monoisotopic (exact) mass is 415 g/mol. The summed E-state index contributed by atoms with van der Waals surface area (Å²) in [6, 6.07) is 9.94. The summed E-state index contributed by atoms with van der Waals surface area (Å²) in [4.78, 5) is 28.0. The minimum Gasteiger partial charge on any atom is -0.507 e. The number of rotatable bonds is 8. The Morgan fingerprint density at radius 2 is 2.03 bits per heavy atom. The molecular weight excluding hydrogens is 390 g/mol.